The van der Waals surface area contributed by atoms with Crippen molar-refractivity contribution in [3.8, 4) is 0 Å². The summed E-state index contributed by atoms with van der Waals surface area (Å²) in [7, 11) is 0. The van der Waals surface area contributed by atoms with Crippen molar-refractivity contribution in [2.75, 3.05) is 6.54 Å². The Morgan fingerprint density at radius 3 is 2.48 bits per heavy atom. The fraction of sp³-hybridized carbons (Fsp3) is 0.611. The second-order valence-corrected chi connectivity index (χ2v) is 6.10. The van der Waals surface area contributed by atoms with E-state index < -0.39 is 5.97 Å². The lowest BCUT2D eigenvalue weighted by Gasteiger charge is -2.34. The van der Waals surface area contributed by atoms with E-state index in [4.69, 9.17) is 5.11 Å². The van der Waals surface area contributed by atoms with Crippen LogP contribution in [-0.2, 0) is 11.3 Å². The zero-order chi connectivity index (χ0) is 14.9. The van der Waals surface area contributed by atoms with Crippen LogP contribution in [0.3, 0.4) is 0 Å². The van der Waals surface area contributed by atoms with Crippen molar-refractivity contribution in [3.63, 3.8) is 0 Å². The van der Waals surface area contributed by atoms with E-state index in [1.807, 2.05) is 0 Å². The largest absolute Gasteiger partial charge is 0.481 e. The Bertz CT molecular complexity index is 412. The molecule has 1 aromatic rings. The number of unbranched alkanes of at least 4 members (excludes halogenated alkanes) is 1. The predicted octanol–water partition coefficient (Wildman–Crippen LogP) is 4.08. The van der Waals surface area contributed by atoms with E-state index in [-0.39, 0.29) is 0 Å². The zero-order valence-corrected chi connectivity index (χ0v) is 12.8. The normalized spacial score (nSPS) is 16.2. The summed E-state index contributed by atoms with van der Waals surface area (Å²) in [6.07, 6.45) is 8.70. The molecule has 0 spiro atoms. The molecule has 1 fully saturated rings. The fourth-order valence-corrected chi connectivity index (χ4v) is 3.25. The molecule has 1 aliphatic carbocycles. The van der Waals surface area contributed by atoms with Gasteiger partial charge >= 0.3 is 5.97 Å². The third-order valence-corrected chi connectivity index (χ3v) is 4.41. The molecule has 0 aliphatic heterocycles. The number of aliphatic carboxylic acids is 1. The van der Waals surface area contributed by atoms with Gasteiger partial charge in [-0.2, -0.15) is 0 Å². The van der Waals surface area contributed by atoms with E-state index in [0.717, 1.165) is 25.9 Å². The molecular weight excluding hydrogens is 262 g/mol. The first-order valence-corrected chi connectivity index (χ1v) is 8.25. The second-order valence-electron chi connectivity index (χ2n) is 6.10. The number of carbonyl (C=O) groups is 1. The van der Waals surface area contributed by atoms with Crippen LogP contribution in [0.2, 0.25) is 0 Å². The molecule has 0 radical (unpaired) electrons. The van der Waals surface area contributed by atoms with Crippen molar-refractivity contribution in [2.24, 2.45) is 0 Å². The van der Waals surface area contributed by atoms with E-state index in [2.05, 4.69) is 35.2 Å². The number of carboxylic acid groups (broad SMARTS) is 1. The maximum absolute atomic E-state index is 10.6. The zero-order valence-electron chi connectivity index (χ0n) is 12.8. The van der Waals surface area contributed by atoms with Crippen molar-refractivity contribution >= 4 is 5.97 Å². The molecule has 0 heterocycles. The van der Waals surface area contributed by atoms with Crippen LogP contribution in [0.1, 0.15) is 56.9 Å². The molecule has 2 rings (SSSR count). The first-order chi connectivity index (χ1) is 10.3. The molecule has 1 aromatic carbocycles. The topological polar surface area (TPSA) is 40.5 Å². The van der Waals surface area contributed by atoms with Crippen LogP contribution in [0.25, 0.3) is 0 Å². The Labute approximate surface area is 128 Å². The Hall–Kier alpha value is -1.35. The number of rotatable bonds is 8. The number of hydrogen-bond acceptors (Lipinski definition) is 2. The SMILES string of the molecule is O=C(O)CCCCN(Cc1ccccc1)C1CCCCC1. The average Bonchev–Trinajstić information content (AvgIpc) is 2.52. The molecule has 1 aliphatic rings. The maximum atomic E-state index is 10.6. The van der Waals surface area contributed by atoms with Crippen molar-refractivity contribution in [1.29, 1.82) is 0 Å². The molecule has 0 atom stereocenters. The van der Waals surface area contributed by atoms with Gasteiger partial charge in [-0.3, -0.25) is 9.69 Å². The lowest BCUT2D eigenvalue weighted by Crippen LogP contribution is -2.37. The van der Waals surface area contributed by atoms with Crippen molar-refractivity contribution in [2.45, 2.75) is 64.0 Å². The Morgan fingerprint density at radius 1 is 1.10 bits per heavy atom. The third-order valence-electron chi connectivity index (χ3n) is 4.41. The summed E-state index contributed by atoms with van der Waals surface area (Å²) >= 11 is 0. The molecule has 3 nitrogen and oxygen atoms in total. The van der Waals surface area contributed by atoms with Crippen LogP contribution in [0.4, 0.5) is 0 Å². The first-order valence-electron chi connectivity index (χ1n) is 8.25. The summed E-state index contributed by atoms with van der Waals surface area (Å²) in [5.41, 5.74) is 1.36. The molecule has 116 valence electrons. The van der Waals surface area contributed by atoms with Gasteiger partial charge in [0.25, 0.3) is 0 Å². The van der Waals surface area contributed by atoms with E-state index in [0.29, 0.717) is 12.5 Å². The molecule has 1 saturated carbocycles. The summed E-state index contributed by atoms with van der Waals surface area (Å²) in [4.78, 5) is 13.2. The molecule has 21 heavy (non-hydrogen) atoms. The Kier molecular flexibility index (Phi) is 6.74. The highest BCUT2D eigenvalue weighted by Crippen LogP contribution is 2.24. The highest BCUT2D eigenvalue weighted by Gasteiger charge is 2.20. The monoisotopic (exact) mass is 289 g/mol. The summed E-state index contributed by atoms with van der Waals surface area (Å²) in [5.74, 6) is -0.678. The predicted molar refractivity (Wildman–Crippen MR) is 85.2 cm³/mol. The van der Waals surface area contributed by atoms with Gasteiger partial charge in [-0.05, 0) is 37.8 Å². The van der Waals surface area contributed by atoms with E-state index in [9.17, 15) is 4.79 Å². The first kappa shape index (κ1) is 16.0. The van der Waals surface area contributed by atoms with Gasteiger partial charge in [0, 0.05) is 19.0 Å². The summed E-state index contributed by atoms with van der Waals surface area (Å²) in [6.45, 7) is 2.02. The lowest BCUT2D eigenvalue weighted by molar-refractivity contribution is -0.137. The quantitative estimate of drug-likeness (QED) is 0.733. The molecule has 3 heteroatoms. The molecule has 0 saturated heterocycles. The van der Waals surface area contributed by atoms with Crippen LogP contribution < -0.4 is 0 Å². The van der Waals surface area contributed by atoms with Gasteiger partial charge in [0.2, 0.25) is 0 Å². The van der Waals surface area contributed by atoms with Gasteiger partial charge in [-0.25, -0.2) is 0 Å². The highest BCUT2D eigenvalue weighted by atomic mass is 16.4. The third kappa shape index (κ3) is 5.88. The van der Waals surface area contributed by atoms with Crippen LogP contribution >= 0.6 is 0 Å². The van der Waals surface area contributed by atoms with Gasteiger partial charge in [0.15, 0.2) is 0 Å². The van der Waals surface area contributed by atoms with Gasteiger partial charge in [-0.1, -0.05) is 49.6 Å². The smallest absolute Gasteiger partial charge is 0.303 e. The summed E-state index contributed by atoms with van der Waals surface area (Å²) in [5, 5.41) is 8.75. The van der Waals surface area contributed by atoms with Crippen molar-refractivity contribution in [3.05, 3.63) is 35.9 Å². The molecule has 0 aromatic heterocycles. The number of hydrogen-bond donors (Lipinski definition) is 1. The van der Waals surface area contributed by atoms with Crippen LogP contribution in [0.5, 0.6) is 0 Å². The standard InChI is InChI=1S/C18H27NO2/c20-18(21)13-7-8-14-19(17-11-5-2-6-12-17)15-16-9-3-1-4-10-16/h1,3-4,9-10,17H,2,5-8,11-15H2,(H,20,21). The lowest BCUT2D eigenvalue weighted by atomic mass is 9.93. The van der Waals surface area contributed by atoms with Crippen LogP contribution in [0, 0.1) is 0 Å². The minimum Gasteiger partial charge on any atom is -0.481 e. The molecular formula is C18H27NO2. The Morgan fingerprint density at radius 2 is 1.81 bits per heavy atom. The molecule has 1 N–H and O–H groups in total. The highest BCUT2D eigenvalue weighted by molar-refractivity contribution is 5.66. The van der Waals surface area contributed by atoms with Gasteiger partial charge in [-0.15, -0.1) is 0 Å². The number of nitrogens with zero attached hydrogens (tertiary/aromatic N) is 1. The van der Waals surface area contributed by atoms with E-state index in [1.165, 1.54) is 37.7 Å². The van der Waals surface area contributed by atoms with E-state index >= 15 is 0 Å². The minimum absolute atomic E-state index is 0.295. The van der Waals surface area contributed by atoms with Gasteiger partial charge in [0.05, 0.1) is 0 Å². The van der Waals surface area contributed by atoms with Gasteiger partial charge in [0.1, 0.15) is 0 Å². The average molecular weight is 289 g/mol. The van der Waals surface area contributed by atoms with Crippen LogP contribution in [-0.4, -0.2) is 28.6 Å². The maximum Gasteiger partial charge on any atom is 0.303 e. The Balaban J connectivity index is 1.88. The fourth-order valence-electron chi connectivity index (χ4n) is 3.25. The van der Waals surface area contributed by atoms with Crippen LogP contribution in [0.15, 0.2) is 30.3 Å². The summed E-state index contributed by atoms with van der Waals surface area (Å²) < 4.78 is 0. The summed E-state index contributed by atoms with van der Waals surface area (Å²) in [6, 6.07) is 11.3. The van der Waals surface area contributed by atoms with E-state index in [1.54, 1.807) is 0 Å². The molecule has 0 bridgehead atoms. The van der Waals surface area contributed by atoms with Crippen molar-refractivity contribution < 1.29 is 9.90 Å². The minimum atomic E-state index is -0.678. The van der Waals surface area contributed by atoms with Crippen molar-refractivity contribution in [1.82, 2.24) is 4.90 Å². The second kappa shape index (κ2) is 8.83. The number of carboxylic acids is 1. The van der Waals surface area contributed by atoms with Gasteiger partial charge < -0.3 is 5.11 Å². The number of benzene rings is 1. The molecule has 0 unspecified atom stereocenters. The molecule has 0 amide bonds.